The molecule has 0 spiro atoms. The van der Waals surface area contributed by atoms with E-state index in [1.54, 1.807) is 12.4 Å². The number of sulfone groups is 1. The molecule has 1 aromatic rings. The quantitative estimate of drug-likeness (QED) is 0.778. The number of hydrogen-bond acceptors (Lipinski definition) is 5. The maximum Gasteiger partial charge on any atom is 0.223 e. The second-order valence-corrected chi connectivity index (χ2v) is 9.70. The normalized spacial score (nSPS) is 26.0. The number of pyridine rings is 1. The number of nitrogens with zero attached hydrogens (tertiary/aromatic N) is 3. The molecule has 0 N–H and O–H groups in total. The summed E-state index contributed by atoms with van der Waals surface area (Å²) in [6, 6.07) is 3.58. The molecule has 2 fully saturated rings. The van der Waals surface area contributed by atoms with E-state index < -0.39 is 9.84 Å². The van der Waals surface area contributed by atoms with Crippen LogP contribution in [0.15, 0.2) is 24.5 Å². The molecule has 3 heterocycles. The molecule has 2 aliphatic heterocycles. The van der Waals surface area contributed by atoms with Gasteiger partial charge in [-0.2, -0.15) is 0 Å². The minimum atomic E-state index is -3.08. The molecule has 6 nitrogen and oxygen atoms in total. The number of aryl methyl sites for hydroxylation is 1. The Morgan fingerprint density at radius 1 is 1.28 bits per heavy atom. The molecular weight excluding hydrogens is 338 g/mol. The highest BCUT2D eigenvalue weighted by Gasteiger charge is 2.47. The zero-order valence-electron chi connectivity index (χ0n) is 15.0. The van der Waals surface area contributed by atoms with Gasteiger partial charge >= 0.3 is 0 Å². The van der Waals surface area contributed by atoms with Gasteiger partial charge in [0.25, 0.3) is 0 Å². The first-order chi connectivity index (χ1) is 11.9. The van der Waals surface area contributed by atoms with E-state index >= 15 is 0 Å². The minimum Gasteiger partial charge on any atom is -0.336 e. The maximum absolute atomic E-state index is 12.7. The lowest BCUT2D eigenvalue weighted by Crippen LogP contribution is -2.61. The lowest BCUT2D eigenvalue weighted by molar-refractivity contribution is -0.137. The highest BCUT2D eigenvalue weighted by atomic mass is 32.2. The summed E-state index contributed by atoms with van der Waals surface area (Å²) in [5, 5.41) is 0. The molecule has 25 heavy (non-hydrogen) atoms. The van der Waals surface area contributed by atoms with Crippen molar-refractivity contribution in [1.82, 2.24) is 14.8 Å². The van der Waals surface area contributed by atoms with E-state index in [0.717, 1.165) is 18.7 Å². The molecule has 2 aliphatic rings. The Bertz CT molecular complexity index is 706. The van der Waals surface area contributed by atoms with Gasteiger partial charge in [0.1, 0.15) is 0 Å². The van der Waals surface area contributed by atoms with Crippen molar-refractivity contribution in [3.8, 4) is 0 Å². The summed E-state index contributed by atoms with van der Waals surface area (Å²) in [6.07, 6.45) is 4.53. The summed E-state index contributed by atoms with van der Waals surface area (Å²) in [5.41, 5.74) is 1.03. The largest absolute Gasteiger partial charge is 0.336 e. The van der Waals surface area contributed by atoms with Crippen molar-refractivity contribution in [2.24, 2.45) is 5.92 Å². The van der Waals surface area contributed by atoms with Crippen LogP contribution in [0.25, 0.3) is 0 Å². The monoisotopic (exact) mass is 365 g/mol. The molecule has 2 saturated heterocycles. The Kier molecular flexibility index (Phi) is 5.43. The van der Waals surface area contributed by atoms with Crippen LogP contribution in [-0.4, -0.2) is 72.3 Å². The molecule has 0 unspecified atom stereocenters. The summed E-state index contributed by atoms with van der Waals surface area (Å²) < 4.78 is 24.4. The lowest BCUT2D eigenvalue weighted by atomic mass is 10.0. The van der Waals surface area contributed by atoms with Crippen molar-refractivity contribution in [2.45, 2.75) is 38.8 Å². The average Bonchev–Trinajstić information content (AvgIpc) is 2.89. The van der Waals surface area contributed by atoms with Gasteiger partial charge in [-0.15, -0.1) is 0 Å². The van der Waals surface area contributed by atoms with Gasteiger partial charge in [-0.3, -0.25) is 14.7 Å². The Balaban J connectivity index is 1.68. The molecule has 0 radical (unpaired) electrons. The van der Waals surface area contributed by atoms with Gasteiger partial charge in [-0.1, -0.05) is 19.9 Å². The minimum absolute atomic E-state index is 0.0523. The number of piperazine rings is 1. The highest BCUT2D eigenvalue weighted by Crippen LogP contribution is 2.28. The second kappa shape index (κ2) is 7.41. The summed E-state index contributed by atoms with van der Waals surface area (Å²) in [4.78, 5) is 20.9. The first kappa shape index (κ1) is 18.3. The van der Waals surface area contributed by atoms with Crippen LogP contribution in [-0.2, 0) is 21.1 Å². The molecule has 0 saturated carbocycles. The first-order valence-corrected chi connectivity index (χ1v) is 10.8. The number of hydrogen-bond donors (Lipinski definition) is 0. The van der Waals surface area contributed by atoms with Gasteiger partial charge in [0.15, 0.2) is 9.84 Å². The molecule has 1 amide bonds. The first-order valence-electron chi connectivity index (χ1n) is 8.98. The van der Waals surface area contributed by atoms with Crippen LogP contribution in [0.2, 0.25) is 0 Å². The van der Waals surface area contributed by atoms with Gasteiger partial charge in [-0.25, -0.2) is 8.42 Å². The second-order valence-electron chi connectivity index (χ2n) is 7.55. The van der Waals surface area contributed by atoms with Crippen LogP contribution in [0.4, 0.5) is 0 Å². The third-order valence-electron chi connectivity index (χ3n) is 5.06. The molecular formula is C18H27N3O3S. The predicted octanol–water partition coefficient (Wildman–Crippen LogP) is 0.980. The third-order valence-corrected chi connectivity index (χ3v) is 6.76. The Morgan fingerprint density at radius 3 is 2.72 bits per heavy atom. The fraction of sp³-hybridized carbons (Fsp3) is 0.667. The molecule has 138 valence electrons. The molecule has 0 aliphatic carbocycles. The van der Waals surface area contributed by atoms with Gasteiger partial charge in [0.2, 0.25) is 5.91 Å². The Hall–Kier alpha value is -1.47. The van der Waals surface area contributed by atoms with Crippen molar-refractivity contribution in [2.75, 3.05) is 31.1 Å². The fourth-order valence-electron chi connectivity index (χ4n) is 3.97. The maximum atomic E-state index is 12.7. The topological polar surface area (TPSA) is 70.6 Å². The summed E-state index contributed by atoms with van der Waals surface area (Å²) in [7, 11) is -3.08. The number of rotatable bonds is 5. The van der Waals surface area contributed by atoms with E-state index in [2.05, 4.69) is 23.7 Å². The molecule has 0 bridgehead atoms. The number of amides is 1. The fourth-order valence-corrected chi connectivity index (χ4v) is 5.98. The SMILES string of the molecule is CC(C)CN1CCN(C(=O)CCc2cccnc2)[C@@H]2CS(=O)(=O)C[C@@H]21. The highest BCUT2D eigenvalue weighted by molar-refractivity contribution is 7.91. The summed E-state index contributed by atoms with van der Waals surface area (Å²) in [5.74, 6) is 0.818. The number of aromatic nitrogens is 1. The molecule has 0 aromatic carbocycles. The number of carbonyl (C=O) groups excluding carboxylic acids is 1. The molecule has 1 aromatic heterocycles. The van der Waals surface area contributed by atoms with Crippen LogP contribution in [0.3, 0.4) is 0 Å². The average molecular weight is 365 g/mol. The van der Waals surface area contributed by atoms with E-state index in [0.29, 0.717) is 25.3 Å². The van der Waals surface area contributed by atoms with E-state index in [1.807, 2.05) is 17.0 Å². The van der Waals surface area contributed by atoms with Crippen LogP contribution in [0.1, 0.15) is 25.8 Å². The van der Waals surface area contributed by atoms with Gasteiger partial charge in [-0.05, 0) is 24.0 Å². The van der Waals surface area contributed by atoms with Crippen LogP contribution in [0, 0.1) is 5.92 Å². The van der Waals surface area contributed by atoms with Crippen molar-refractivity contribution in [3.63, 3.8) is 0 Å². The number of carbonyl (C=O) groups is 1. The summed E-state index contributed by atoms with van der Waals surface area (Å²) in [6.45, 7) is 6.55. The van der Waals surface area contributed by atoms with Crippen LogP contribution in [0.5, 0.6) is 0 Å². The van der Waals surface area contributed by atoms with Crippen molar-refractivity contribution in [1.29, 1.82) is 0 Å². The predicted molar refractivity (Wildman–Crippen MR) is 96.9 cm³/mol. The van der Waals surface area contributed by atoms with E-state index in [-0.39, 0.29) is 29.5 Å². The van der Waals surface area contributed by atoms with E-state index in [4.69, 9.17) is 0 Å². The third kappa shape index (κ3) is 4.39. The van der Waals surface area contributed by atoms with Gasteiger partial charge < -0.3 is 4.90 Å². The Labute approximate surface area is 150 Å². The lowest BCUT2D eigenvalue weighted by Gasteiger charge is -2.44. The summed E-state index contributed by atoms with van der Waals surface area (Å²) >= 11 is 0. The zero-order valence-corrected chi connectivity index (χ0v) is 15.8. The van der Waals surface area contributed by atoms with Gasteiger partial charge in [0, 0.05) is 44.5 Å². The molecule has 7 heteroatoms. The van der Waals surface area contributed by atoms with Crippen LogP contribution >= 0.6 is 0 Å². The van der Waals surface area contributed by atoms with Crippen molar-refractivity contribution < 1.29 is 13.2 Å². The number of fused-ring (bicyclic) bond motifs is 1. The Morgan fingerprint density at radius 2 is 2.04 bits per heavy atom. The standard InChI is InChI=1S/C18H27N3O3S/c1-14(2)11-20-8-9-21(17-13-25(23,24)12-16(17)20)18(22)6-5-15-4-3-7-19-10-15/h3-4,7,10,14,16-17H,5-6,8-9,11-13H2,1-2H3/t16-,17+/m0/s1. The van der Waals surface area contributed by atoms with E-state index in [9.17, 15) is 13.2 Å². The smallest absolute Gasteiger partial charge is 0.223 e. The molecule has 2 atom stereocenters. The zero-order chi connectivity index (χ0) is 18.0. The van der Waals surface area contributed by atoms with Crippen molar-refractivity contribution >= 4 is 15.7 Å². The van der Waals surface area contributed by atoms with E-state index in [1.165, 1.54) is 0 Å². The van der Waals surface area contributed by atoms with Gasteiger partial charge in [0.05, 0.1) is 17.5 Å². The van der Waals surface area contributed by atoms with Crippen LogP contribution < -0.4 is 0 Å². The molecule has 3 rings (SSSR count). The van der Waals surface area contributed by atoms with Crippen molar-refractivity contribution in [3.05, 3.63) is 30.1 Å².